The Morgan fingerprint density at radius 3 is 2.44 bits per heavy atom. The summed E-state index contributed by atoms with van der Waals surface area (Å²) in [6.45, 7) is 1.71. The number of methoxy groups -OCH3 is 1. The lowest BCUT2D eigenvalue weighted by atomic mass is 9.94. The number of ether oxygens (including phenoxy) is 2. The van der Waals surface area contributed by atoms with Gasteiger partial charge in [-0.05, 0) is 42.2 Å². The number of alkyl carbamates (subject to hydrolysis) is 1. The SMILES string of the molecule is COc1ccc([C@@H](OC(=O)NC(=O)c2ccccc2)[C@H](C)CCO)cc1O. The molecule has 7 nitrogen and oxygen atoms in total. The van der Waals surface area contributed by atoms with Crippen LogP contribution in [-0.2, 0) is 4.74 Å². The smallest absolute Gasteiger partial charge is 0.414 e. The van der Waals surface area contributed by atoms with Crippen LogP contribution in [0.15, 0.2) is 48.5 Å². The summed E-state index contributed by atoms with van der Waals surface area (Å²) in [5.74, 6) is -0.635. The number of imide groups is 1. The van der Waals surface area contributed by atoms with Crippen LogP contribution in [-0.4, -0.2) is 35.9 Å². The van der Waals surface area contributed by atoms with Gasteiger partial charge in [-0.25, -0.2) is 4.79 Å². The van der Waals surface area contributed by atoms with E-state index in [0.717, 1.165) is 0 Å². The lowest BCUT2D eigenvalue weighted by Gasteiger charge is -2.24. The summed E-state index contributed by atoms with van der Waals surface area (Å²) in [4.78, 5) is 24.3. The highest BCUT2D eigenvalue weighted by molar-refractivity contribution is 6.02. The largest absolute Gasteiger partial charge is 0.504 e. The second-order valence-electron chi connectivity index (χ2n) is 6.07. The van der Waals surface area contributed by atoms with Crippen molar-refractivity contribution >= 4 is 12.0 Å². The summed E-state index contributed by atoms with van der Waals surface area (Å²) in [7, 11) is 1.43. The molecule has 2 aromatic rings. The van der Waals surface area contributed by atoms with E-state index in [0.29, 0.717) is 17.5 Å². The van der Waals surface area contributed by atoms with Gasteiger partial charge in [0.05, 0.1) is 7.11 Å². The highest BCUT2D eigenvalue weighted by atomic mass is 16.6. The number of amides is 2. The lowest BCUT2D eigenvalue weighted by Crippen LogP contribution is -2.33. The second-order valence-corrected chi connectivity index (χ2v) is 6.07. The first-order valence-electron chi connectivity index (χ1n) is 8.51. The van der Waals surface area contributed by atoms with Gasteiger partial charge >= 0.3 is 6.09 Å². The molecule has 2 rings (SSSR count). The molecule has 0 aliphatic carbocycles. The Bertz CT molecular complexity index is 777. The number of benzene rings is 2. The molecule has 0 aromatic heterocycles. The van der Waals surface area contributed by atoms with Gasteiger partial charge in [0.25, 0.3) is 5.91 Å². The standard InChI is InChI=1S/C20H23NO6/c1-13(10-11-22)18(15-8-9-17(26-2)16(23)12-15)27-20(25)21-19(24)14-6-4-3-5-7-14/h3-9,12-13,18,22-23H,10-11H2,1-2H3,(H,21,24,25)/t13-,18+/m1/s1. The zero-order chi connectivity index (χ0) is 19.8. The molecule has 0 unspecified atom stereocenters. The maximum absolute atomic E-state index is 12.2. The van der Waals surface area contributed by atoms with Gasteiger partial charge in [-0.1, -0.05) is 31.2 Å². The van der Waals surface area contributed by atoms with Gasteiger partial charge in [0.15, 0.2) is 11.5 Å². The van der Waals surface area contributed by atoms with Crippen LogP contribution in [0.25, 0.3) is 0 Å². The predicted molar refractivity (Wildman–Crippen MR) is 98.7 cm³/mol. The molecule has 3 N–H and O–H groups in total. The van der Waals surface area contributed by atoms with Crippen LogP contribution in [0.2, 0.25) is 0 Å². The molecule has 144 valence electrons. The average molecular weight is 373 g/mol. The first-order valence-corrected chi connectivity index (χ1v) is 8.51. The highest BCUT2D eigenvalue weighted by Gasteiger charge is 2.25. The third-order valence-electron chi connectivity index (χ3n) is 4.12. The van der Waals surface area contributed by atoms with Crippen LogP contribution in [0.1, 0.15) is 35.4 Å². The third-order valence-corrected chi connectivity index (χ3v) is 4.12. The Labute approximate surface area is 157 Å². The Hall–Kier alpha value is -3.06. The lowest BCUT2D eigenvalue weighted by molar-refractivity contribution is 0.0544. The topological polar surface area (TPSA) is 105 Å². The maximum Gasteiger partial charge on any atom is 0.414 e. The van der Waals surface area contributed by atoms with Gasteiger partial charge in [-0.3, -0.25) is 10.1 Å². The minimum Gasteiger partial charge on any atom is -0.504 e. The molecule has 2 aromatic carbocycles. The van der Waals surface area contributed by atoms with Crippen LogP contribution < -0.4 is 10.1 Å². The van der Waals surface area contributed by atoms with Gasteiger partial charge in [-0.2, -0.15) is 0 Å². The van der Waals surface area contributed by atoms with Crippen molar-refractivity contribution in [3.63, 3.8) is 0 Å². The Morgan fingerprint density at radius 2 is 1.85 bits per heavy atom. The molecular weight excluding hydrogens is 350 g/mol. The van der Waals surface area contributed by atoms with Crippen LogP contribution in [0.3, 0.4) is 0 Å². The molecule has 2 amide bonds. The second kappa shape index (κ2) is 9.59. The van der Waals surface area contributed by atoms with Gasteiger partial charge < -0.3 is 19.7 Å². The van der Waals surface area contributed by atoms with Gasteiger partial charge in [0.1, 0.15) is 6.10 Å². The fourth-order valence-corrected chi connectivity index (χ4v) is 2.65. The van der Waals surface area contributed by atoms with Gasteiger partial charge in [0.2, 0.25) is 0 Å². The van der Waals surface area contributed by atoms with E-state index in [1.54, 1.807) is 49.4 Å². The van der Waals surface area contributed by atoms with E-state index < -0.39 is 18.1 Å². The Kier molecular flexibility index (Phi) is 7.19. The van der Waals surface area contributed by atoms with Gasteiger partial charge in [-0.15, -0.1) is 0 Å². The molecule has 0 saturated carbocycles. The van der Waals surface area contributed by atoms with Crippen LogP contribution in [0, 0.1) is 5.92 Å². The monoisotopic (exact) mass is 373 g/mol. The molecule has 0 aliphatic heterocycles. The molecule has 0 saturated heterocycles. The first kappa shape index (κ1) is 20.3. The summed E-state index contributed by atoms with van der Waals surface area (Å²) in [5, 5.41) is 21.4. The number of phenols is 1. The molecule has 0 aliphatic rings. The van der Waals surface area contributed by atoms with Crippen molar-refractivity contribution < 1.29 is 29.3 Å². The Balaban J connectivity index is 2.15. The number of aliphatic hydroxyl groups excluding tert-OH is 1. The zero-order valence-electron chi connectivity index (χ0n) is 15.2. The molecule has 7 heteroatoms. The number of rotatable bonds is 7. The molecule has 0 bridgehead atoms. The Morgan fingerprint density at radius 1 is 1.15 bits per heavy atom. The molecule has 2 atom stereocenters. The number of aliphatic hydroxyl groups is 1. The van der Waals surface area contributed by atoms with Crippen molar-refractivity contribution in [2.75, 3.05) is 13.7 Å². The quantitative estimate of drug-likeness (QED) is 0.689. The fraction of sp³-hybridized carbons (Fsp3) is 0.300. The molecule has 27 heavy (non-hydrogen) atoms. The number of nitrogens with one attached hydrogen (secondary N) is 1. The first-order chi connectivity index (χ1) is 13.0. The maximum atomic E-state index is 12.2. The van der Waals surface area contributed by atoms with Crippen molar-refractivity contribution in [3.8, 4) is 11.5 Å². The minimum absolute atomic E-state index is 0.0896. The summed E-state index contributed by atoms with van der Waals surface area (Å²) in [5.41, 5.74) is 0.855. The average Bonchev–Trinajstić information content (AvgIpc) is 2.66. The van der Waals surface area contributed by atoms with E-state index in [9.17, 15) is 19.8 Å². The van der Waals surface area contributed by atoms with E-state index in [1.807, 2.05) is 0 Å². The summed E-state index contributed by atoms with van der Waals surface area (Å²) in [6, 6.07) is 12.9. The van der Waals surface area contributed by atoms with Gasteiger partial charge in [0, 0.05) is 12.2 Å². The van der Waals surface area contributed by atoms with Crippen LogP contribution in [0.5, 0.6) is 11.5 Å². The molecule has 0 spiro atoms. The van der Waals surface area contributed by atoms with E-state index in [2.05, 4.69) is 5.32 Å². The molecule has 0 fully saturated rings. The summed E-state index contributed by atoms with van der Waals surface area (Å²) < 4.78 is 10.5. The van der Waals surface area contributed by atoms with Crippen LogP contribution in [0.4, 0.5) is 4.79 Å². The van der Waals surface area contributed by atoms with Crippen molar-refractivity contribution in [2.45, 2.75) is 19.4 Å². The van der Waals surface area contributed by atoms with Crippen LogP contribution >= 0.6 is 0 Å². The van der Waals surface area contributed by atoms with Crippen molar-refractivity contribution in [3.05, 3.63) is 59.7 Å². The number of carbonyl (C=O) groups excluding carboxylic acids is 2. The minimum atomic E-state index is -0.908. The van der Waals surface area contributed by atoms with E-state index in [-0.39, 0.29) is 24.0 Å². The number of aromatic hydroxyl groups is 1. The summed E-state index contributed by atoms with van der Waals surface area (Å²) >= 11 is 0. The highest BCUT2D eigenvalue weighted by Crippen LogP contribution is 2.34. The van der Waals surface area contributed by atoms with E-state index in [4.69, 9.17) is 9.47 Å². The number of carbonyl (C=O) groups is 2. The number of hydrogen-bond acceptors (Lipinski definition) is 6. The summed E-state index contributed by atoms with van der Waals surface area (Å²) in [6.07, 6.45) is -1.30. The van der Waals surface area contributed by atoms with E-state index in [1.165, 1.54) is 13.2 Å². The third kappa shape index (κ3) is 5.46. The van der Waals surface area contributed by atoms with Crippen molar-refractivity contribution in [2.24, 2.45) is 5.92 Å². The van der Waals surface area contributed by atoms with E-state index >= 15 is 0 Å². The molecule has 0 heterocycles. The normalized spacial score (nSPS) is 12.7. The van der Waals surface area contributed by atoms with Crippen molar-refractivity contribution in [1.82, 2.24) is 5.32 Å². The zero-order valence-corrected chi connectivity index (χ0v) is 15.2. The molecular formula is C20H23NO6. The fourth-order valence-electron chi connectivity index (χ4n) is 2.65. The molecule has 0 radical (unpaired) electrons. The predicted octanol–water partition coefficient (Wildman–Crippen LogP) is 3.03. The van der Waals surface area contributed by atoms with Crippen molar-refractivity contribution in [1.29, 1.82) is 0 Å². The number of phenolic OH excluding ortho intramolecular Hbond substituents is 1. The number of hydrogen-bond donors (Lipinski definition) is 3.